The van der Waals surface area contributed by atoms with E-state index in [4.69, 9.17) is 47.3 Å². The van der Waals surface area contributed by atoms with Crippen LogP contribution in [0, 0.1) is 0 Å². The third-order valence-corrected chi connectivity index (χ3v) is 14.8. The number of hydrogen-bond acceptors (Lipinski definition) is 17. The average molecular weight is 1280 g/mol. The highest BCUT2D eigenvalue weighted by molar-refractivity contribution is 6.34. The molecule has 480 valence electrons. The number of carboxylic acids is 3. The van der Waals surface area contributed by atoms with Gasteiger partial charge < -0.3 is 54.4 Å². The fourth-order valence-corrected chi connectivity index (χ4v) is 10.4. The number of carbonyl (C=O) groups excluding carboxylic acids is 4. The Balaban J connectivity index is 0.00000237. The minimum absolute atomic E-state index is 0.000498. The quantitative estimate of drug-likeness (QED) is 0.0508. The molecule has 4 aromatic rings. The van der Waals surface area contributed by atoms with Gasteiger partial charge in [-0.2, -0.15) is 18.3 Å². The van der Waals surface area contributed by atoms with Gasteiger partial charge in [0.1, 0.15) is 24.7 Å². The van der Waals surface area contributed by atoms with Crippen LogP contribution in [0.4, 0.5) is 13.2 Å². The van der Waals surface area contributed by atoms with Crippen molar-refractivity contribution in [3.8, 4) is 39.6 Å². The van der Waals surface area contributed by atoms with Gasteiger partial charge in [0.05, 0.1) is 88.8 Å². The number of aliphatic carboxylic acids is 3. The van der Waals surface area contributed by atoms with Crippen LogP contribution in [0.5, 0.6) is 11.5 Å². The SMILES string of the molecule is CC(F)(F)F.COc1cc2c(cc1-c1cccc(/C(C)=N/OCCNC(=O)CN(C)C(=O)CN(C)C(=O)CN3CCN(CC(=O)O)CCN(CC(=O)O)CCN(CC(=O)O)CC3)c1)-c1c(c(C(=O)N3CCOCC3(C)C)nn1-c1cc(Cl)cc(Cl)c1)CO2. The van der Waals surface area contributed by atoms with E-state index in [0.717, 1.165) is 11.1 Å². The van der Waals surface area contributed by atoms with Crippen molar-refractivity contribution in [2.24, 2.45) is 5.16 Å². The molecular formula is C58H74Cl2F3N11O14. The van der Waals surface area contributed by atoms with E-state index < -0.39 is 47.3 Å². The first kappa shape index (κ1) is 69.5. The van der Waals surface area contributed by atoms with Crippen molar-refractivity contribution in [2.45, 2.75) is 46.0 Å². The van der Waals surface area contributed by atoms with Crippen LogP contribution in [-0.4, -0.2) is 264 Å². The Morgan fingerprint density at radius 3 is 1.84 bits per heavy atom. The molecule has 0 saturated carbocycles. The number of nitrogens with zero attached hydrogens (tertiary/aromatic N) is 10. The van der Waals surface area contributed by atoms with E-state index in [0.29, 0.717) is 75.1 Å². The number of hydrogen-bond donors (Lipinski definition) is 4. The number of rotatable bonds is 21. The molecule has 30 heteroatoms. The van der Waals surface area contributed by atoms with Gasteiger partial charge in [-0.1, -0.05) is 46.6 Å². The first-order valence-electron chi connectivity index (χ1n) is 28.0. The topological polar surface area (TPSA) is 282 Å². The lowest BCUT2D eigenvalue weighted by molar-refractivity contribution is -0.141. The zero-order valence-electron chi connectivity index (χ0n) is 50.0. The summed E-state index contributed by atoms with van der Waals surface area (Å²) in [6.45, 7) is 7.21. The number of alkyl halides is 3. The number of fused-ring (bicyclic) bond motifs is 3. The number of aromatic nitrogens is 2. The lowest BCUT2D eigenvalue weighted by Gasteiger charge is -2.41. The molecule has 0 spiro atoms. The molecule has 0 unspecified atom stereocenters. The maximum atomic E-state index is 14.4. The molecule has 4 amide bonds. The van der Waals surface area contributed by atoms with Gasteiger partial charge in [0.2, 0.25) is 17.7 Å². The van der Waals surface area contributed by atoms with E-state index in [9.17, 15) is 62.1 Å². The molecule has 88 heavy (non-hydrogen) atoms. The Labute approximate surface area is 516 Å². The van der Waals surface area contributed by atoms with Gasteiger partial charge in [-0.25, -0.2) is 4.68 Å². The van der Waals surface area contributed by atoms with Crippen molar-refractivity contribution in [2.75, 3.05) is 146 Å². The van der Waals surface area contributed by atoms with Crippen molar-refractivity contribution in [1.82, 2.24) is 49.4 Å². The molecule has 1 aromatic heterocycles. The zero-order chi connectivity index (χ0) is 64.6. The predicted octanol–water partition coefficient (Wildman–Crippen LogP) is 4.48. The van der Waals surface area contributed by atoms with Gasteiger partial charge in [-0.3, -0.25) is 53.2 Å². The Hall–Kier alpha value is -7.60. The molecule has 2 fully saturated rings. The van der Waals surface area contributed by atoms with Crippen LogP contribution in [0.3, 0.4) is 0 Å². The van der Waals surface area contributed by atoms with E-state index >= 15 is 0 Å². The highest BCUT2D eigenvalue weighted by Gasteiger charge is 2.40. The summed E-state index contributed by atoms with van der Waals surface area (Å²) in [6.07, 6.45) is -4.00. The molecule has 2 saturated heterocycles. The molecule has 7 rings (SSSR count). The Morgan fingerprint density at radius 2 is 1.31 bits per heavy atom. The zero-order valence-corrected chi connectivity index (χ0v) is 51.5. The van der Waals surface area contributed by atoms with E-state index in [1.54, 1.807) is 67.5 Å². The monoisotopic (exact) mass is 1280 g/mol. The Kier molecular flexibility index (Phi) is 24.9. The van der Waals surface area contributed by atoms with Gasteiger partial charge in [0.15, 0.2) is 5.69 Å². The van der Waals surface area contributed by atoms with E-state index in [1.165, 1.54) is 23.9 Å². The molecule has 3 aliphatic heterocycles. The molecule has 3 aliphatic rings. The molecule has 0 radical (unpaired) electrons. The molecule has 4 heterocycles. The van der Waals surface area contributed by atoms with Crippen molar-refractivity contribution >= 4 is 70.5 Å². The van der Waals surface area contributed by atoms with Gasteiger partial charge >= 0.3 is 24.1 Å². The Bertz CT molecular complexity index is 3150. The summed E-state index contributed by atoms with van der Waals surface area (Å²) in [5.41, 5.74) is 4.80. The average Bonchev–Trinajstić information content (AvgIpc) is 1.57. The summed E-state index contributed by atoms with van der Waals surface area (Å²) < 4.78 is 50.7. The van der Waals surface area contributed by atoms with E-state index in [2.05, 4.69) is 10.5 Å². The van der Waals surface area contributed by atoms with Crippen LogP contribution in [0.25, 0.3) is 28.1 Å². The molecule has 0 aliphatic carbocycles. The standard InChI is InChI=1S/C56H71Cl2N11O14.C2H3F3/c1-36(61-83-20-10-59-47(70)28-62(4)48(71)29-63(5)49(72)30-64-11-13-65(31-50(73)74)15-17-67(33-52(77)78)18-16-66(14-12-64)32-51(75)76)37-8-7-9-38(22-37)42-26-43-46(27-45(42)80-6)82-34-44-53(55(79)68-19-21-81-35-56(68,2)3)60-69(54(43)44)41-24-39(57)23-40(58)25-41;1-2(3,4)5/h7-9,22-27H,10-21,28-35H2,1-6H3,(H,59,70)(H,73,74)(H,75,76)(H,77,78);1H3/b61-36+;. The molecule has 25 nitrogen and oxygen atoms in total. The predicted molar refractivity (Wildman–Crippen MR) is 318 cm³/mol. The van der Waals surface area contributed by atoms with Crippen molar-refractivity contribution in [3.05, 3.63) is 81.5 Å². The fraction of sp³-hybridized carbons (Fsp3) is 0.500. The largest absolute Gasteiger partial charge is 0.496 e. The summed E-state index contributed by atoms with van der Waals surface area (Å²) in [5, 5.41) is 41.3. The van der Waals surface area contributed by atoms with Gasteiger partial charge in [-0.05, 0) is 62.2 Å². The molecular weight excluding hydrogens is 1200 g/mol. The molecule has 3 aromatic carbocycles. The second-order valence-electron chi connectivity index (χ2n) is 21.9. The van der Waals surface area contributed by atoms with Crippen LogP contribution >= 0.6 is 23.2 Å². The fourth-order valence-electron chi connectivity index (χ4n) is 9.87. The maximum Gasteiger partial charge on any atom is 0.386 e. The summed E-state index contributed by atoms with van der Waals surface area (Å²) in [7, 11) is 4.45. The molecule has 0 atom stereocenters. The highest BCUT2D eigenvalue weighted by atomic mass is 35.5. The highest BCUT2D eigenvalue weighted by Crippen LogP contribution is 2.47. The van der Waals surface area contributed by atoms with E-state index in [1.807, 2.05) is 44.2 Å². The smallest absolute Gasteiger partial charge is 0.386 e. The second-order valence-corrected chi connectivity index (χ2v) is 22.8. The van der Waals surface area contributed by atoms with Crippen molar-refractivity contribution < 1.29 is 81.1 Å². The lowest BCUT2D eigenvalue weighted by Crippen LogP contribution is -2.55. The molecule has 0 bridgehead atoms. The first-order valence-corrected chi connectivity index (χ1v) is 28.7. The number of methoxy groups -OCH3 is 1. The van der Waals surface area contributed by atoms with Crippen molar-refractivity contribution in [1.29, 1.82) is 0 Å². The minimum Gasteiger partial charge on any atom is -0.496 e. The van der Waals surface area contributed by atoms with Crippen molar-refractivity contribution in [3.63, 3.8) is 0 Å². The number of amides is 4. The Morgan fingerprint density at radius 1 is 0.761 bits per heavy atom. The number of oxime groups is 1. The minimum atomic E-state index is -4.00. The molecule has 4 N–H and O–H groups in total. The summed E-state index contributed by atoms with van der Waals surface area (Å²) >= 11 is 13.1. The maximum absolute atomic E-state index is 14.4. The van der Waals surface area contributed by atoms with Crippen LogP contribution in [0.15, 0.2) is 59.8 Å². The lowest BCUT2D eigenvalue weighted by atomic mass is 9.94. The van der Waals surface area contributed by atoms with Gasteiger partial charge in [0.25, 0.3) is 5.91 Å². The number of ether oxygens (including phenoxy) is 3. The summed E-state index contributed by atoms with van der Waals surface area (Å²) in [5.74, 6) is -3.85. The number of halogens is 5. The van der Waals surface area contributed by atoms with Gasteiger partial charge in [-0.15, -0.1) is 0 Å². The first-order chi connectivity index (χ1) is 41.5. The van der Waals surface area contributed by atoms with E-state index in [-0.39, 0.29) is 130 Å². The third kappa shape index (κ3) is 20.5. The number of likely N-dealkylation sites (N-methyl/N-ethyl adjacent to an activating group) is 2. The van der Waals surface area contributed by atoms with Gasteiger partial charge in [0, 0.05) is 113 Å². The number of benzene rings is 3. The van der Waals surface area contributed by atoms with Crippen LogP contribution in [-0.2, 0) is 44.9 Å². The summed E-state index contributed by atoms with van der Waals surface area (Å²) in [6, 6.07) is 16.4. The normalized spacial score (nSPS) is 16.2. The number of nitrogens with one attached hydrogen (secondary N) is 1. The van der Waals surface area contributed by atoms with Crippen LogP contribution in [0.2, 0.25) is 10.0 Å². The number of morpholine rings is 1. The number of carbonyl (C=O) groups is 7. The second kappa shape index (κ2) is 31.5. The van der Waals surface area contributed by atoms with Crippen LogP contribution < -0.4 is 14.8 Å². The number of carboxylic acid groups (broad SMARTS) is 3. The van der Waals surface area contributed by atoms with Crippen LogP contribution in [0.1, 0.15) is 49.3 Å². The third-order valence-electron chi connectivity index (χ3n) is 14.4. The summed E-state index contributed by atoms with van der Waals surface area (Å²) in [4.78, 5) is 105.